The van der Waals surface area contributed by atoms with E-state index in [1.54, 1.807) is 12.5 Å². The minimum atomic E-state index is -0.237. The second-order valence-electron chi connectivity index (χ2n) is 6.24. The molecular weight excluding hydrogens is 290 g/mol. The average Bonchev–Trinajstić information content (AvgIpc) is 3.21. The fraction of sp³-hybridized carbons (Fsp3) is 0.556. The molecule has 0 saturated carbocycles. The Balaban J connectivity index is 1.84. The maximum absolute atomic E-state index is 13.0. The third-order valence-corrected chi connectivity index (χ3v) is 4.72. The number of hydrogen-bond donors (Lipinski definition) is 0. The minimum absolute atomic E-state index is 0.0521. The number of nitrogens with zero attached hydrogens (tertiary/aromatic N) is 3. The highest BCUT2D eigenvalue weighted by Gasteiger charge is 2.31. The molecule has 3 heterocycles. The summed E-state index contributed by atoms with van der Waals surface area (Å²) >= 11 is 0. The Morgan fingerprint density at radius 2 is 2.26 bits per heavy atom. The van der Waals surface area contributed by atoms with E-state index in [2.05, 4.69) is 11.9 Å². The van der Waals surface area contributed by atoms with Crippen LogP contribution in [0.4, 0.5) is 0 Å². The van der Waals surface area contributed by atoms with Gasteiger partial charge in [0, 0.05) is 25.4 Å². The van der Waals surface area contributed by atoms with Crippen LogP contribution in [0.15, 0.2) is 35.3 Å². The van der Waals surface area contributed by atoms with Crippen molar-refractivity contribution < 1.29 is 9.21 Å². The Morgan fingerprint density at radius 1 is 1.39 bits per heavy atom. The lowest BCUT2D eigenvalue weighted by atomic mass is 10.1. The van der Waals surface area contributed by atoms with E-state index >= 15 is 0 Å². The summed E-state index contributed by atoms with van der Waals surface area (Å²) in [6.45, 7) is 4.82. The van der Waals surface area contributed by atoms with Gasteiger partial charge in [-0.1, -0.05) is 19.8 Å². The number of carbonyl (C=O) groups is 1. The van der Waals surface area contributed by atoms with Gasteiger partial charge in [0.05, 0.1) is 12.4 Å². The SMILES string of the molecule is CCc1ccc([C@@H]2CCCCCN2C(=O)[C@@H](C)n2ccnc2)o1. The summed E-state index contributed by atoms with van der Waals surface area (Å²) in [7, 11) is 0. The highest BCUT2D eigenvalue weighted by atomic mass is 16.3. The molecule has 0 bridgehead atoms. The number of likely N-dealkylation sites (tertiary alicyclic amines) is 1. The number of carbonyl (C=O) groups excluding carboxylic acids is 1. The van der Waals surface area contributed by atoms with Gasteiger partial charge >= 0.3 is 0 Å². The van der Waals surface area contributed by atoms with Crippen LogP contribution >= 0.6 is 0 Å². The minimum Gasteiger partial charge on any atom is -0.464 e. The number of furan rings is 1. The molecule has 124 valence electrons. The fourth-order valence-corrected chi connectivity index (χ4v) is 3.30. The number of aromatic nitrogens is 2. The molecule has 0 aliphatic carbocycles. The summed E-state index contributed by atoms with van der Waals surface area (Å²) in [5.74, 6) is 2.05. The van der Waals surface area contributed by atoms with E-state index in [9.17, 15) is 4.79 Å². The zero-order valence-electron chi connectivity index (χ0n) is 13.9. The summed E-state index contributed by atoms with van der Waals surface area (Å²) in [4.78, 5) is 19.1. The van der Waals surface area contributed by atoms with Crippen LogP contribution in [0, 0.1) is 0 Å². The Labute approximate surface area is 137 Å². The molecule has 1 aliphatic rings. The van der Waals surface area contributed by atoms with E-state index in [0.29, 0.717) is 0 Å². The lowest BCUT2D eigenvalue weighted by Gasteiger charge is -2.31. The van der Waals surface area contributed by atoms with Crippen LogP contribution in [0.1, 0.15) is 63.1 Å². The van der Waals surface area contributed by atoms with Gasteiger partial charge in [0.2, 0.25) is 5.91 Å². The molecule has 1 fully saturated rings. The summed E-state index contributed by atoms with van der Waals surface area (Å²) in [6.07, 6.45) is 10.5. The normalized spacial score (nSPS) is 20.3. The van der Waals surface area contributed by atoms with Crippen LogP contribution in [-0.4, -0.2) is 26.9 Å². The Kier molecular flexibility index (Phi) is 4.84. The molecule has 0 N–H and O–H groups in total. The molecular formula is C18H25N3O2. The molecule has 0 aromatic carbocycles. The van der Waals surface area contributed by atoms with Gasteiger partial charge in [0.15, 0.2) is 0 Å². The first-order valence-corrected chi connectivity index (χ1v) is 8.57. The third kappa shape index (κ3) is 3.33. The second-order valence-corrected chi connectivity index (χ2v) is 6.24. The van der Waals surface area contributed by atoms with Crippen LogP contribution in [0.5, 0.6) is 0 Å². The highest BCUT2D eigenvalue weighted by molar-refractivity contribution is 5.80. The Morgan fingerprint density at radius 3 is 2.96 bits per heavy atom. The standard InChI is InChI=1S/C18H25N3O2/c1-3-15-8-9-17(23-15)16-7-5-4-6-11-21(16)18(22)14(2)20-12-10-19-13-20/h8-10,12-14,16H,3-7,11H2,1-2H3/t14-,16+/m1/s1. The largest absolute Gasteiger partial charge is 0.464 e. The van der Waals surface area contributed by atoms with Gasteiger partial charge in [-0.25, -0.2) is 4.98 Å². The van der Waals surface area contributed by atoms with Crippen LogP contribution in [-0.2, 0) is 11.2 Å². The lowest BCUT2D eigenvalue weighted by Crippen LogP contribution is -2.38. The molecule has 5 heteroatoms. The van der Waals surface area contributed by atoms with Gasteiger partial charge in [-0.15, -0.1) is 0 Å². The maximum Gasteiger partial charge on any atom is 0.246 e. The van der Waals surface area contributed by atoms with E-state index < -0.39 is 0 Å². The number of rotatable bonds is 4. The van der Waals surface area contributed by atoms with Crippen molar-refractivity contribution in [1.29, 1.82) is 0 Å². The molecule has 3 rings (SSSR count). The van der Waals surface area contributed by atoms with Gasteiger partial charge in [0.1, 0.15) is 17.6 Å². The van der Waals surface area contributed by atoms with Crippen molar-refractivity contribution in [3.63, 3.8) is 0 Å². The van der Waals surface area contributed by atoms with Crippen LogP contribution in [0.3, 0.4) is 0 Å². The number of hydrogen-bond acceptors (Lipinski definition) is 3. The zero-order chi connectivity index (χ0) is 16.2. The summed E-state index contributed by atoms with van der Waals surface area (Å²) in [6, 6.07) is 3.88. The van der Waals surface area contributed by atoms with Crippen molar-refractivity contribution in [2.45, 2.75) is 58.0 Å². The van der Waals surface area contributed by atoms with Crippen molar-refractivity contribution in [3.8, 4) is 0 Å². The molecule has 1 saturated heterocycles. The van der Waals surface area contributed by atoms with Crippen LogP contribution in [0.2, 0.25) is 0 Å². The Bertz CT molecular complexity index is 632. The van der Waals surface area contributed by atoms with E-state index in [4.69, 9.17) is 4.42 Å². The van der Waals surface area contributed by atoms with Crippen LogP contribution in [0.25, 0.3) is 0 Å². The quantitative estimate of drug-likeness (QED) is 0.863. The van der Waals surface area contributed by atoms with Crippen molar-refractivity contribution in [1.82, 2.24) is 14.5 Å². The van der Waals surface area contributed by atoms with E-state index in [0.717, 1.165) is 43.7 Å². The predicted octanol–water partition coefficient (Wildman–Crippen LogP) is 3.74. The first-order chi connectivity index (χ1) is 11.2. The molecule has 2 atom stereocenters. The number of amides is 1. The first kappa shape index (κ1) is 15.8. The van der Waals surface area contributed by atoms with Crippen molar-refractivity contribution in [2.75, 3.05) is 6.54 Å². The van der Waals surface area contributed by atoms with Gasteiger partial charge in [0.25, 0.3) is 0 Å². The Hall–Kier alpha value is -2.04. The van der Waals surface area contributed by atoms with E-state index in [-0.39, 0.29) is 18.0 Å². The fourth-order valence-electron chi connectivity index (χ4n) is 3.30. The smallest absolute Gasteiger partial charge is 0.246 e. The van der Waals surface area contributed by atoms with Gasteiger partial charge in [-0.05, 0) is 31.9 Å². The number of aryl methyl sites for hydroxylation is 1. The van der Waals surface area contributed by atoms with Gasteiger partial charge in [-0.2, -0.15) is 0 Å². The van der Waals surface area contributed by atoms with E-state index in [1.807, 2.05) is 34.7 Å². The molecule has 2 aromatic rings. The summed E-state index contributed by atoms with van der Waals surface area (Å²) in [5, 5.41) is 0. The van der Waals surface area contributed by atoms with Gasteiger partial charge < -0.3 is 13.9 Å². The predicted molar refractivity (Wildman–Crippen MR) is 87.9 cm³/mol. The van der Waals surface area contributed by atoms with Crippen molar-refractivity contribution >= 4 is 5.91 Å². The second kappa shape index (κ2) is 7.02. The number of imidazole rings is 1. The molecule has 1 amide bonds. The lowest BCUT2D eigenvalue weighted by molar-refractivity contribution is -0.137. The van der Waals surface area contributed by atoms with Crippen molar-refractivity contribution in [2.24, 2.45) is 0 Å². The molecule has 2 aromatic heterocycles. The molecule has 23 heavy (non-hydrogen) atoms. The molecule has 0 spiro atoms. The van der Waals surface area contributed by atoms with E-state index in [1.165, 1.54) is 6.42 Å². The summed E-state index contributed by atoms with van der Waals surface area (Å²) in [5.41, 5.74) is 0. The summed E-state index contributed by atoms with van der Waals surface area (Å²) < 4.78 is 7.83. The first-order valence-electron chi connectivity index (χ1n) is 8.57. The van der Waals surface area contributed by atoms with Crippen molar-refractivity contribution in [3.05, 3.63) is 42.4 Å². The van der Waals surface area contributed by atoms with Gasteiger partial charge in [-0.3, -0.25) is 4.79 Å². The topological polar surface area (TPSA) is 51.3 Å². The average molecular weight is 315 g/mol. The zero-order valence-corrected chi connectivity index (χ0v) is 13.9. The third-order valence-electron chi connectivity index (χ3n) is 4.72. The van der Waals surface area contributed by atoms with Crippen LogP contribution < -0.4 is 0 Å². The molecule has 5 nitrogen and oxygen atoms in total. The molecule has 1 aliphatic heterocycles. The molecule has 0 radical (unpaired) electrons. The highest BCUT2D eigenvalue weighted by Crippen LogP contribution is 2.33. The molecule has 0 unspecified atom stereocenters. The monoisotopic (exact) mass is 315 g/mol. The maximum atomic E-state index is 13.0.